The van der Waals surface area contributed by atoms with Gasteiger partial charge in [-0.25, -0.2) is 4.98 Å². The van der Waals surface area contributed by atoms with Crippen LogP contribution in [-0.4, -0.2) is 11.5 Å². The van der Waals surface area contributed by atoms with Crippen molar-refractivity contribution < 1.29 is 0 Å². The number of anilines is 1. The van der Waals surface area contributed by atoms with Crippen molar-refractivity contribution in [3.63, 3.8) is 0 Å². The van der Waals surface area contributed by atoms with Gasteiger partial charge in [0.1, 0.15) is 10.0 Å². The number of nitrogens with one attached hydrogen (secondary N) is 1. The van der Waals surface area contributed by atoms with Gasteiger partial charge in [-0.2, -0.15) is 0 Å². The van der Waals surface area contributed by atoms with Crippen LogP contribution in [0.15, 0.2) is 18.2 Å². The third kappa shape index (κ3) is 3.17. The zero-order chi connectivity index (χ0) is 13.9. The number of aromatic nitrogens is 1. The molecule has 0 saturated heterocycles. The second-order valence-electron chi connectivity index (χ2n) is 4.72. The molecule has 1 aromatic carbocycles. The summed E-state index contributed by atoms with van der Waals surface area (Å²) < 4.78 is 0. The van der Waals surface area contributed by atoms with E-state index >= 15 is 0 Å². The number of rotatable bonds is 2. The minimum atomic E-state index is 0.574. The highest BCUT2D eigenvalue weighted by Crippen LogP contribution is 2.29. The molecule has 0 spiro atoms. The monoisotopic (exact) mass is 324 g/mol. The summed E-state index contributed by atoms with van der Waals surface area (Å²) in [7, 11) is 0. The summed E-state index contributed by atoms with van der Waals surface area (Å²) >= 11 is 13.6. The SMILES string of the molecule is Clc1ccc(/C=C/c2nc3c(s2)NCCCC3)cc1Cl. The Balaban J connectivity index is 1.80. The standard InChI is InChI=1S/C15H14Cl2N2S/c16-11-6-4-10(9-12(11)17)5-7-14-19-13-3-1-2-8-18-15(13)20-14/h4-7,9,18H,1-3,8H2/b7-5+. The highest BCUT2D eigenvalue weighted by Gasteiger charge is 2.12. The van der Waals surface area contributed by atoms with Crippen molar-refractivity contribution in [2.45, 2.75) is 19.3 Å². The molecule has 0 amide bonds. The average Bonchev–Trinajstić information content (AvgIpc) is 2.70. The first-order valence-corrected chi connectivity index (χ1v) is 8.16. The van der Waals surface area contributed by atoms with Gasteiger partial charge in [-0.05, 0) is 43.0 Å². The van der Waals surface area contributed by atoms with Crippen LogP contribution >= 0.6 is 34.5 Å². The second kappa shape index (κ2) is 6.17. The van der Waals surface area contributed by atoms with Crippen molar-refractivity contribution in [1.82, 2.24) is 4.98 Å². The topological polar surface area (TPSA) is 24.9 Å². The van der Waals surface area contributed by atoms with Gasteiger partial charge in [-0.15, -0.1) is 0 Å². The predicted octanol–water partition coefficient (Wildman–Crippen LogP) is 5.37. The van der Waals surface area contributed by atoms with Gasteiger partial charge in [0.2, 0.25) is 0 Å². The van der Waals surface area contributed by atoms with Crippen LogP contribution in [0.2, 0.25) is 10.0 Å². The van der Waals surface area contributed by atoms with E-state index in [1.54, 1.807) is 11.3 Å². The van der Waals surface area contributed by atoms with E-state index in [1.165, 1.54) is 23.5 Å². The Kier molecular flexibility index (Phi) is 4.29. The van der Waals surface area contributed by atoms with Crippen LogP contribution in [0.5, 0.6) is 0 Å². The summed E-state index contributed by atoms with van der Waals surface area (Å²) in [5.41, 5.74) is 2.22. The second-order valence-corrected chi connectivity index (χ2v) is 6.56. The molecule has 3 rings (SSSR count). The molecule has 0 unspecified atom stereocenters. The van der Waals surface area contributed by atoms with Gasteiger partial charge in [-0.3, -0.25) is 0 Å². The molecule has 1 aromatic heterocycles. The van der Waals surface area contributed by atoms with E-state index in [-0.39, 0.29) is 0 Å². The highest BCUT2D eigenvalue weighted by atomic mass is 35.5. The maximum atomic E-state index is 6.01. The van der Waals surface area contributed by atoms with E-state index < -0.39 is 0 Å². The van der Waals surface area contributed by atoms with E-state index in [4.69, 9.17) is 23.2 Å². The summed E-state index contributed by atoms with van der Waals surface area (Å²) in [5.74, 6) is 0. The quantitative estimate of drug-likeness (QED) is 0.803. The van der Waals surface area contributed by atoms with E-state index in [9.17, 15) is 0 Å². The lowest BCUT2D eigenvalue weighted by molar-refractivity contribution is 0.774. The van der Waals surface area contributed by atoms with Crippen molar-refractivity contribution in [2.75, 3.05) is 11.9 Å². The van der Waals surface area contributed by atoms with Crippen LogP contribution in [0, 0.1) is 0 Å². The zero-order valence-corrected chi connectivity index (χ0v) is 13.2. The Hall–Kier alpha value is -1.03. The molecule has 0 fully saturated rings. The van der Waals surface area contributed by atoms with E-state index in [2.05, 4.69) is 10.3 Å². The highest BCUT2D eigenvalue weighted by molar-refractivity contribution is 7.16. The van der Waals surface area contributed by atoms with E-state index in [1.807, 2.05) is 30.4 Å². The number of benzene rings is 1. The third-order valence-corrected chi connectivity index (χ3v) is 4.96. The summed E-state index contributed by atoms with van der Waals surface area (Å²) in [5, 5.41) is 6.84. The molecule has 0 bridgehead atoms. The van der Waals surface area contributed by atoms with Gasteiger partial charge in [0, 0.05) is 6.54 Å². The first kappa shape index (κ1) is 13.9. The van der Waals surface area contributed by atoms with Crippen LogP contribution in [0.4, 0.5) is 5.00 Å². The smallest absolute Gasteiger partial charge is 0.118 e. The fourth-order valence-electron chi connectivity index (χ4n) is 2.15. The lowest BCUT2D eigenvalue weighted by atomic mass is 10.2. The van der Waals surface area contributed by atoms with Gasteiger partial charge in [-0.1, -0.05) is 46.7 Å². The molecule has 2 aromatic rings. The lowest BCUT2D eigenvalue weighted by Gasteiger charge is -1.97. The summed E-state index contributed by atoms with van der Waals surface area (Å²) in [4.78, 5) is 4.68. The van der Waals surface area contributed by atoms with Gasteiger partial charge in [0.05, 0.1) is 15.7 Å². The van der Waals surface area contributed by atoms with Crippen molar-refractivity contribution >= 4 is 51.7 Å². The number of thiazole rings is 1. The van der Waals surface area contributed by atoms with Crippen LogP contribution in [0.3, 0.4) is 0 Å². The largest absolute Gasteiger partial charge is 0.375 e. The Morgan fingerprint density at radius 2 is 2.05 bits per heavy atom. The Labute approximate surface area is 132 Å². The Bertz CT molecular complexity index is 626. The van der Waals surface area contributed by atoms with Gasteiger partial charge < -0.3 is 5.32 Å². The number of aryl methyl sites for hydroxylation is 1. The van der Waals surface area contributed by atoms with Crippen LogP contribution in [-0.2, 0) is 6.42 Å². The molecule has 0 aliphatic carbocycles. The predicted molar refractivity (Wildman–Crippen MR) is 88.9 cm³/mol. The minimum Gasteiger partial charge on any atom is -0.375 e. The first-order valence-electron chi connectivity index (χ1n) is 6.59. The number of nitrogens with zero attached hydrogens (tertiary/aromatic N) is 1. The zero-order valence-electron chi connectivity index (χ0n) is 10.8. The number of hydrogen-bond donors (Lipinski definition) is 1. The number of fused-ring (bicyclic) bond motifs is 1. The minimum absolute atomic E-state index is 0.574. The van der Waals surface area contributed by atoms with Gasteiger partial charge in [0.15, 0.2) is 0 Å². The van der Waals surface area contributed by atoms with Crippen LogP contribution in [0.1, 0.15) is 29.1 Å². The number of hydrogen-bond acceptors (Lipinski definition) is 3. The molecule has 2 nitrogen and oxygen atoms in total. The molecular formula is C15H14Cl2N2S. The van der Waals surface area contributed by atoms with Crippen LogP contribution in [0.25, 0.3) is 12.2 Å². The van der Waals surface area contributed by atoms with E-state index in [0.717, 1.165) is 23.5 Å². The van der Waals surface area contributed by atoms with Gasteiger partial charge >= 0.3 is 0 Å². The normalized spacial score (nSPS) is 14.9. The molecule has 1 N–H and O–H groups in total. The van der Waals surface area contributed by atoms with E-state index in [0.29, 0.717) is 10.0 Å². The van der Waals surface area contributed by atoms with Crippen molar-refractivity contribution in [3.05, 3.63) is 44.5 Å². The molecule has 104 valence electrons. The Morgan fingerprint density at radius 3 is 2.90 bits per heavy atom. The average molecular weight is 325 g/mol. The molecular weight excluding hydrogens is 311 g/mol. The maximum Gasteiger partial charge on any atom is 0.118 e. The van der Waals surface area contributed by atoms with Crippen LogP contribution < -0.4 is 5.32 Å². The molecule has 2 heterocycles. The third-order valence-electron chi connectivity index (χ3n) is 3.20. The first-order chi connectivity index (χ1) is 9.72. The summed E-state index contributed by atoms with van der Waals surface area (Å²) in [6.45, 7) is 1.05. The fourth-order valence-corrected chi connectivity index (χ4v) is 3.40. The van der Waals surface area contributed by atoms with Crippen molar-refractivity contribution in [2.24, 2.45) is 0 Å². The molecule has 1 aliphatic rings. The fraction of sp³-hybridized carbons (Fsp3) is 0.267. The Morgan fingerprint density at radius 1 is 1.15 bits per heavy atom. The summed E-state index contributed by atoms with van der Waals surface area (Å²) in [6.07, 6.45) is 7.54. The maximum absolute atomic E-state index is 6.01. The molecule has 20 heavy (non-hydrogen) atoms. The lowest BCUT2D eigenvalue weighted by Crippen LogP contribution is -1.96. The summed E-state index contributed by atoms with van der Waals surface area (Å²) in [6, 6.07) is 5.61. The molecule has 0 atom stereocenters. The molecule has 0 saturated carbocycles. The van der Waals surface area contributed by atoms with Gasteiger partial charge in [0.25, 0.3) is 0 Å². The molecule has 5 heteroatoms. The van der Waals surface area contributed by atoms with Crippen molar-refractivity contribution in [3.8, 4) is 0 Å². The molecule has 1 aliphatic heterocycles. The molecule has 0 radical (unpaired) electrons. The van der Waals surface area contributed by atoms with Crippen molar-refractivity contribution in [1.29, 1.82) is 0 Å². The number of halogens is 2.